The summed E-state index contributed by atoms with van der Waals surface area (Å²) in [6.07, 6.45) is 1.73. The highest BCUT2D eigenvalue weighted by Crippen LogP contribution is 2.47. The third-order valence-electron chi connectivity index (χ3n) is 2.81. The molecule has 2 unspecified atom stereocenters. The number of aromatic nitrogens is 1. The number of alkyl halides is 1. The minimum atomic E-state index is -1.69. The summed E-state index contributed by atoms with van der Waals surface area (Å²) < 4.78 is 18.5. The second-order valence-electron chi connectivity index (χ2n) is 4.01. The second kappa shape index (κ2) is 3.73. The molecule has 2 atom stereocenters. The highest BCUT2D eigenvalue weighted by Gasteiger charge is 2.58. The van der Waals surface area contributed by atoms with Gasteiger partial charge in [-0.05, 0) is 12.5 Å². The molecule has 0 bridgehead atoms. The molecule has 4 nitrogen and oxygen atoms in total. The van der Waals surface area contributed by atoms with Crippen LogP contribution < -0.4 is 10.1 Å². The van der Waals surface area contributed by atoms with E-state index in [0.29, 0.717) is 18.0 Å². The normalized spacial score (nSPS) is 27.3. The van der Waals surface area contributed by atoms with Crippen LogP contribution in [0.15, 0.2) is 18.3 Å². The average molecular weight is 224 g/mol. The van der Waals surface area contributed by atoms with Gasteiger partial charge in [-0.3, -0.25) is 4.79 Å². The Morgan fingerprint density at radius 3 is 2.81 bits per heavy atom. The Labute approximate surface area is 92.8 Å². The lowest BCUT2D eigenvalue weighted by atomic mass is 10.2. The first kappa shape index (κ1) is 10.9. The molecule has 1 fully saturated rings. The van der Waals surface area contributed by atoms with Gasteiger partial charge in [-0.1, -0.05) is 6.92 Å². The van der Waals surface area contributed by atoms with Crippen molar-refractivity contribution >= 4 is 11.6 Å². The van der Waals surface area contributed by atoms with Crippen LogP contribution in [0, 0.1) is 5.92 Å². The van der Waals surface area contributed by atoms with E-state index in [4.69, 9.17) is 4.74 Å². The van der Waals surface area contributed by atoms with Gasteiger partial charge in [0.05, 0.1) is 19.0 Å². The van der Waals surface area contributed by atoms with Gasteiger partial charge in [-0.25, -0.2) is 9.37 Å². The minimum Gasteiger partial charge on any atom is -0.481 e. The van der Waals surface area contributed by atoms with E-state index in [1.807, 2.05) is 0 Å². The standard InChI is InChI=1S/C11H13FN2O2/c1-7-5-11(7,12)10(15)14-8-3-4-9(16-2)13-6-8/h3-4,6-7H,5H2,1-2H3,(H,14,15). The molecule has 2 rings (SSSR count). The Morgan fingerprint density at radius 2 is 2.38 bits per heavy atom. The van der Waals surface area contributed by atoms with E-state index in [-0.39, 0.29) is 5.92 Å². The SMILES string of the molecule is COc1ccc(NC(=O)C2(F)CC2C)cn1. The molecule has 0 aromatic carbocycles. The number of amides is 1. The molecule has 5 heteroatoms. The fraction of sp³-hybridized carbons (Fsp3) is 0.455. The summed E-state index contributed by atoms with van der Waals surface area (Å²) in [7, 11) is 1.50. The van der Waals surface area contributed by atoms with Crippen LogP contribution in [-0.2, 0) is 4.79 Å². The number of nitrogens with zero attached hydrogens (tertiary/aromatic N) is 1. The summed E-state index contributed by atoms with van der Waals surface area (Å²) in [4.78, 5) is 15.4. The summed E-state index contributed by atoms with van der Waals surface area (Å²) in [6, 6.07) is 3.23. The summed E-state index contributed by atoms with van der Waals surface area (Å²) >= 11 is 0. The lowest BCUT2D eigenvalue weighted by Gasteiger charge is -2.08. The number of methoxy groups -OCH3 is 1. The zero-order valence-electron chi connectivity index (χ0n) is 9.16. The third-order valence-corrected chi connectivity index (χ3v) is 2.81. The van der Waals surface area contributed by atoms with Crippen molar-refractivity contribution in [1.29, 1.82) is 0 Å². The zero-order valence-corrected chi connectivity index (χ0v) is 9.16. The molecule has 86 valence electrons. The van der Waals surface area contributed by atoms with Crippen molar-refractivity contribution in [3.05, 3.63) is 18.3 Å². The number of nitrogens with one attached hydrogen (secondary N) is 1. The zero-order chi connectivity index (χ0) is 11.8. The number of hydrogen-bond acceptors (Lipinski definition) is 3. The van der Waals surface area contributed by atoms with E-state index in [2.05, 4.69) is 10.3 Å². The predicted octanol–water partition coefficient (Wildman–Crippen LogP) is 1.78. The topological polar surface area (TPSA) is 51.2 Å². The molecule has 1 heterocycles. The van der Waals surface area contributed by atoms with Crippen LogP contribution >= 0.6 is 0 Å². The Bertz CT molecular complexity index is 407. The quantitative estimate of drug-likeness (QED) is 0.851. The molecular weight excluding hydrogens is 211 g/mol. The number of ether oxygens (including phenoxy) is 1. The predicted molar refractivity (Wildman–Crippen MR) is 57.0 cm³/mol. The van der Waals surface area contributed by atoms with Gasteiger partial charge in [-0.15, -0.1) is 0 Å². The molecule has 1 N–H and O–H groups in total. The summed E-state index contributed by atoms with van der Waals surface area (Å²) in [5, 5.41) is 2.49. The van der Waals surface area contributed by atoms with Crippen LogP contribution in [0.3, 0.4) is 0 Å². The molecule has 16 heavy (non-hydrogen) atoms. The first-order chi connectivity index (χ1) is 7.56. The van der Waals surface area contributed by atoms with Crippen LogP contribution in [0.25, 0.3) is 0 Å². The molecule has 0 spiro atoms. The first-order valence-electron chi connectivity index (χ1n) is 5.06. The van der Waals surface area contributed by atoms with Crippen LogP contribution in [0.2, 0.25) is 0 Å². The molecular formula is C11H13FN2O2. The van der Waals surface area contributed by atoms with Crippen LogP contribution in [0.5, 0.6) is 5.88 Å². The van der Waals surface area contributed by atoms with E-state index in [1.54, 1.807) is 19.1 Å². The molecule has 0 radical (unpaired) electrons. The average Bonchev–Trinajstić information content (AvgIpc) is 2.89. The maximum Gasteiger partial charge on any atom is 0.262 e. The number of carbonyl (C=O) groups is 1. The molecule has 1 aliphatic carbocycles. The van der Waals surface area contributed by atoms with Crippen molar-refractivity contribution < 1.29 is 13.9 Å². The maximum absolute atomic E-state index is 13.7. The first-order valence-corrected chi connectivity index (χ1v) is 5.06. The summed E-state index contributed by atoms with van der Waals surface area (Å²) in [5.74, 6) is -0.335. The van der Waals surface area contributed by atoms with Crippen molar-refractivity contribution in [2.24, 2.45) is 5.92 Å². The third kappa shape index (κ3) is 1.85. The highest BCUT2D eigenvalue weighted by atomic mass is 19.1. The Morgan fingerprint density at radius 1 is 1.69 bits per heavy atom. The Balaban J connectivity index is 2.01. The lowest BCUT2D eigenvalue weighted by Crippen LogP contribution is -2.27. The number of hydrogen-bond donors (Lipinski definition) is 1. The number of anilines is 1. The molecule has 0 saturated heterocycles. The Kier molecular flexibility index (Phi) is 2.53. The van der Waals surface area contributed by atoms with Gasteiger partial charge in [-0.2, -0.15) is 0 Å². The van der Waals surface area contributed by atoms with Gasteiger partial charge in [0.15, 0.2) is 5.67 Å². The van der Waals surface area contributed by atoms with Gasteiger partial charge in [0.25, 0.3) is 5.91 Å². The molecule has 1 aromatic rings. The monoisotopic (exact) mass is 224 g/mol. The number of carbonyl (C=O) groups excluding carboxylic acids is 1. The van der Waals surface area contributed by atoms with Crippen LogP contribution in [-0.4, -0.2) is 23.7 Å². The van der Waals surface area contributed by atoms with Gasteiger partial charge in [0.2, 0.25) is 5.88 Å². The van der Waals surface area contributed by atoms with Crippen LogP contribution in [0.1, 0.15) is 13.3 Å². The number of pyridine rings is 1. The molecule has 1 aromatic heterocycles. The van der Waals surface area contributed by atoms with E-state index >= 15 is 0 Å². The van der Waals surface area contributed by atoms with Crippen molar-refractivity contribution in [1.82, 2.24) is 4.98 Å². The Hall–Kier alpha value is -1.65. The largest absolute Gasteiger partial charge is 0.481 e. The number of rotatable bonds is 3. The van der Waals surface area contributed by atoms with Gasteiger partial charge in [0.1, 0.15) is 0 Å². The lowest BCUT2D eigenvalue weighted by molar-refractivity contribution is -0.122. The van der Waals surface area contributed by atoms with E-state index in [1.165, 1.54) is 13.3 Å². The van der Waals surface area contributed by atoms with Crippen molar-refractivity contribution in [3.63, 3.8) is 0 Å². The summed E-state index contributed by atoms with van der Waals surface area (Å²) in [5.41, 5.74) is -1.22. The van der Waals surface area contributed by atoms with Gasteiger partial charge in [0, 0.05) is 12.0 Å². The van der Waals surface area contributed by atoms with E-state index < -0.39 is 11.6 Å². The van der Waals surface area contributed by atoms with E-state index in [9.17, 15) is 9.18 Å². The summed E-state index contributed by atoms with van der Waals surface area (Å²) in [6.45, 7) is 1.71. The maximum atomic E-state index is 13.7. The van der Waals surface area contributed by atoms with Crippen molar-refractivity contribution in [3.8, 4) is 5.88 Å². The molecule has 1 aliphatic rings. The van der Waals surface area contributed by atoms with Crippen molar-refractivity contribution in [2.75, 3.05) is 12.4 Å². The van der Waals surface area contributed by atoms with Crippen LogP contribution in [0.4, 0.5) is 10.1 Å². The number of halogens is 1. The van der Waals surface area contributed by atoms with Crippen molar-refractivity contribution in [2.45, 2.75) is 19.0 Å². The molecule has 1 saturated carbocycles. The van der Waals surface area contributed by atoms with Gasteiger partial charge >= 0.3 is 0 Å². The second-order valence-corrected chi connectivity index (χ2v) is 4.01. The fourth-order valence-corrected chi connectivity index (χ4v) is 1.51. The van der Waals surface area contributed by atoms with E-state index in [0.717, 1.165) is 0 Å². The van der Waals surface area contributed by atoms with Gasteiger partial charge < -0.3 is 10.1 Å². The fourth-order valence-electron chi connectivity index (χ4n) is 1.51. The minimum absolute atomic E-state index is 0.196. The molecule has 0 aliphatic heterocycles. The highest BCUT2D eigenvalue weighted by molar-refractivity contribution is 5.99. The molecule has 1 amide bonds. The smallest absolute Gasteiger partial charge is 0.262 e.